The monoisotopic (exact) mass is 235 g/mol. The van der Waals surface area contributed by atoms with Gasteiger partial charge in [0, 0.05) is 31.9 Å². The lowest BCUT2D eigenvalue weighted by atomic mass is 10.1. The van der Waals surface area contributed by atoms with Crippen LogP contribution < -0.4 is 0 Å². The van der Waals surface area contributed by atoms with E-state index in [0.29, 0.717) is 5.69 Å². The van der Waals surface area contributed by atoms with E-state index in [1.807, 2.05) is 17.8 Å². The number of nitrogens with zero attached hydrogens (tertiary/aromatic N) is 5. The number of aliphatic hydroxyl groups is 1. The van der Waals surface area contributed by atoms with Crippen LogP contribution in [0.5, 0.6) is 0 Å². The molecule has 0 radical (unpaired) electrons. The molecule has 6 heteroatoms. The van der Waals surface area contributed by atoms with Crippen molar-refractivity contribution in [2.45, 2.75) is 32.4 Å². The molecule has 1 N–H and O–H groups in total. The highest BCUT2D eigenvalue weighted by atomic mass is 16.3. The number of aryl methyl sites for hydroxylation is 3. The van der Waals surface area contributed by atoms with Gasteiger partial charge in [-0.05, 0) is 19.9 Å². The van der Waals surface area contributed by atoms with E-state index in [0.717, 1.165) is 18.7 Å². The molecule has 0 aliphatic rings. The fourth-order valence-corrected chi connectivity index (χ4v) is 1.56. The molecule has 0 bridgehead atoms. The fraction of sp³-hybridized carbons (Fsp3) is 0.545. The molecular weight excluding hydrogens is 218 g/mol. The van der Waals surface area contributed by atoms with Crippen LogP contribution >= 0.6 is 0 Å². The molecule has 0 saturated heterocycles. The Labute approximate surface area is 99.9 Å². The molecule has 0 spiro atoms. The van der Waals surface area contributed by atoms with Crippen LogP contribution in [0.1, 0.15) is 25.2 Å². The smallest absolute Gasteiger partial charge is 0.114 e. The van der Waals surface area contributed by atoms with E-state index >= 15 is 0 Å². The molecule has 0 saturated carbocycles. The lowest BCUT2D eigenvalue weighted by molar-refractivity contribution is 0.0737. The maximum absolute atomic E-state index is 9.77. The van der Waals surface area contributed by atoms with Crippen LogP contribution in [-0.4, -0.2) is 29.9 Å². The summed E-state index contributed by atoms with van der Waals surface area (Å²) >= 11 is 0. The Morgan fingerprint density at radius 3 is 2.71 bits per heavy atom. The van der Waals surface area contributed by atoms with Gasteiger partial charge in [0.1, 0.15) is 11.3 Å². The van der Waals surface area contributed by atoms with Crippen molar-refractivity contribution >= 4 is 0 Å². The van der Waals surface area contributed by atoms with E-state index < -0.39 is 5.60 Å². The second-order valence-electron chi connectivity index (χ2n) is 4.62. The molecule has 0 aliphatic heterocycles. The molecule has 0 fully saturated rings. The Bertz CT molecular complexity index is 494. The molecule has 6 nitrogen and oxygen atoms in total. The van der Waals surface area contributed by atoms with Gasteiger partial charge in [0.25, 0.3) is 0 Å². The van der Waals surface area contributed by atoms with Gasteiger partial charge < -0.3 is 5.11 Å². The van der Waals surface area contributed by atoms with Crippen LogP contribution in [0.25, 0.3) is 0 Å². The van der Waals surface area contributed by atoms with Crippen molar-refractivity contribution in [3.05, 3.63) is 29.8 Å². The van der Waals surface area contributed by atoms with Crippen molar-refractivity contribution in [2.75, 3.05) is 0 Å². The Kier molecular flexibility index (Phi) is 2.97. The van der Waals surface area contributed by atoms with Crippen LogP contribution in [0.4, 0.5) is 0 Å². The minimum atomic E-state index is -0.940. The minimum Gasteiger partial charge on any atom is -0.384 e. The highest BCUT2D eigenvalue weighted by Crippen LogP contribution is 2.15. The third-order valence-electron chi connectivity index (χ3n) is 2.68. The third-order valence-corrected chi connectivity index (χ3v) is 2.68. The summed E-state index contributed by atoms with van der Waals surface area (Å²) in [5.74, 6) is 0. The molecule has 0 atom stereocenters. The summed E-state index contributed by atoms with van der Waals surface area (Å²) < 4.78 is 3.58. The van der Waals surface area contributed by atoms with Gasteiger partial charge >= 0.3 is 0 Å². The maximum atomic E-state index is 9.77. The normalized spacial score (nSPS) is 12.0. The second-order valence-corrected chi connectivity index (χ2v) is 4.62. The SMILES string of the molecule is Cn1nccc1CCn1cc(C(C)(C)O)nn1. The molecule has 0 aliphatic carbocycles. The predicted octanol–water partition coefficient (Wildman–Crippen LogP) is 0.482. The number of aromatic nitrogens is 5. The quantitative estimate of drug-likeness (QED) is 0.837. The summed E-state index contributed by atoms with van der Waals surface area (Å²) in [7, 11) is 1.92. The van der Waals surface area contributed by atoms with Gasteiger partial charge in [-0.15, -0.1) is 5.10 Å². The molecule has 2 heterocycles. The van der Waals surface area contributed by atoms with Gasteiger partial charge in [0.15, 0.2) is 0 Å². The van der Waals surface area contributed by atoms with Gasteiger partial charge in [0.05, 0.1) is 6.20 Å². The summed E-state index contributed by atoms with van der Waals surface area (Å²) in [6, 6.07) is 1.98. The summed E-state index contributed by atoms with van der Waals surface area (Å²) in [4.78, 5) is 0. The number of rotatable bonds is 4. The highest BCUT2D eigenvalue weighted by molar-refractivity contribution is 5.04. The molecule has 0 unspecified atom stereocenters. The highest BCUT2D eigenvalue weighted by Gasteiger charge is 2.19. The van der Waals surface area contributed by atoms with E-state index in [-0.39, 0.29) is 0 Å². The van der Waals surface area contributed by atoms with Crippen molar-refractivity contribution in [1.29, 1.82) is 0 Å². The van der Waals surface area contributed by atoms with Crippen LogP contribution in [0.15, 0.2) is 18.5 Å². The Morgan fingerprint density at radius 2 is 2.18 bits per heavy atom. The van der Waals surface area contributed by atoms with Gasteiger partial charge in [-0.1, -0.05) is 5.21 Å². The minimum absolute atomic E-state index is 0.586. The first-order valence-electron chi connectivity index (χ1n) is 5.56. The molecule has 2 rings (SSSR count). The Balaban J connectivity index is 2.01. The summed E-state index contributed by atoms with van der Waals surface area (Å²) in [5, 5.41) is 21.8. The predicted molar refractivity (Wildman–Crippen MR) is 62.2 cm³/mol. The van der Waals surface area contributed by atoms with Gasteiger partial charge in [-0.2, -0.15) is 5.10 Å². The number of hydrogen-bond acceptors (Lipinski definition) is 4. The van der Waals surface area contributed by atoms with Crippen LogP contribution in [0, 0.1) is 0 Å². The zero-order valence-electron chi connectivity index (χ0n) is 10.3. The first-order valence-corrected chi connectivity index (χ1v) is 5.56. The van der Waals surface area contributed by atoms with Crippen molar-refractivity contribution in [1.82, 2.24) is 24.8 Å². The van der Waals surface area contributed by atoms with Gasteiger partial charge in [-0.3, -0.25) is 9.36 Å². The lowest BCUT2D eigenvalue weighted by Crippen LogP contribution is -2.15. The molecule has 2 aromatic rings. The van der Waals surface area contributed by atoms with Crippen LogP contribution in [-0.2, 0) is 25.6 Å². The molecule has 0 amide bonds. The van der Waals surface area contributed by atoms with Gasteiger partial charge in [-0.25, -0.2) is 0 Å². The Hall–Kier alpha value is -1.69. The van der Waals surface area contributed by atoms with Crippen LogP contribution in [0.3, 0.4) is 0 Å². The van der Waals surface area contributed by atoms with E-state index in [1.165, 1.54) is 0 Å². The molecule has 2 aromatic heterocycles. The van der Waals surface area contributed by atoms with E-state index in [4.69, 9.17) is 0 Å². The summed E-state index contributed by atoms with van der Waals surface area (Å²) in [6.45, 7) is 4.12. The van der Waals surface area contributed by atoms with Crippen LogP contribution in [0.2, 0.25) is 0 Å². The average Bonchev–Trinajstić information content (AvgIpc) is 2.82. The number of hydrogen-bond donors (Lipinski definition) is 1. The average molecular weight is 235 g/mol. The van der Waals surface area contributed by atoms with E-state index in [9.17, 15) is 5.11 Å². The fourth-order valence-electron chi connectivity index (χ4n) is 1.56. The molecule has 17 heavy (non-hydrogen) atoms. The summed E-state index contributed by atoms with van der Waals surface area (Å²) in [6.07, 6.45) is 4.39. The van der Waals surface area contributed by atoms with E-state index in [1.54, 1.807) is 30.9 Å². The summed E-state index contributed by atoms with van der Waals surface area (Å²) in [5.41, 5.74) is 0.790. The van der Waals surface area contributed by atoms with Crippen molar-refractivity contribution in [2.24, 2.45) is 7.05 Å². The Morgan fingerprint density at radius 1 is 1.41 bits per heavy atom. The molecule has 0 aromatic carbocycles. The first kappa shape index (κ1) is 11.8. The topological polar surface area (TPSA) is 68.8 Å². The van der Waals surface area contributed by atoms with Crippen molar-refractivity contribution < 1.29 is 5.11 Å². The third kappa shape index (κ3) is 2.71. The zero-order valence-corrected chi connectivity index (χ0v) is 10.3. The lowest BCUT2D eigenvalue weighted by Gasteiger charge is -2.11. The zero-order chi connectivity index (χ0) is 12.5. The van der Waals surface area contributed by atoms with Crippen molar-refractivity contribution in [3.8, 4) is 0 Å². The van der Waals surface area contributed by atoms with E-state index in [2.05, 4.69) is 15.4 Å². The van der Waals surface area contributed by atoms with Gasteiger partial charge in [0.2, 0.25) is 0 Å². The maximum Gasteiger partial charge on any atom is 0.114 e. The second kappa shape index (κ2) is 4.29. The van der Waals surface area contributed by atoms with Crippen molar-refractivity contribution in [3.63, 3.8) is 0 Å². The largest absolute Gasteiger partial charge is 0.384 e. The molecule has 92 valence electrons. The molecular formula is C11H17N5O. The first-order chi connectivity index (χ1) is 7.97. The standard InChI is InChI=1S/C11H17N5O/c1-11(2,17)10-8-16(14-13-10)7-5-9-4-6-12-15(9)3/h4,6,8,17H,5,7H2,1-3H3.